The monoisotopic (exact) mass is 329 g/mol. The fourth-order valence-electron chi connectivity index (χ4n) is 3.41. The van der Waals surface area contributed by atoms with E-state index in [0.717, 1.165) is 5.56 Å². The molecule has 2 N–H and O–H groups in total. The highest BCUT2D eigenvalue weighted by atomic mass is 35.5. The second-order valence-electron chi connectivity index (χ2n) is 6.30. The highest BCUT2D eigenvalue weighted by Crippen LogP contribution is 2.37. The van der Waals surface area contributed by atoms with E-state index in [0.29, 0.717) is 17.4 Å². The predicted octanol–water partition coefficient (Wildman–Crippen LogP) is 6.19. The number of benzene rings is 2. The quantitative estimate of drug-likeness (QED) is 0.527. The maximum Gasteiger partial charge on any atom is 0.151 e. The van der Waals surface area contributed by atoms with Crippen molar-refractivity contribution in [3.05, 3.63) is 65.5 Å². The van der Waals surface area contributed by atoms with Crippen LogP contribution in [0.5, 0.6) is 0 Å². The Labute approximate surface area is 142 Å². The molecule has 0 saturated heterocycles. The minimum Gasteiger partial charge on any atom is -0.397 e. The van der Waals surface area contributed by atoms with Crippen molar-refractivity contribution >= 4 is 17.3 Å². The maximum absolute atomic E-state index is 14.3. The number of hydrogen-bond donors (Lipinski definition) is 1. The van der Waals surface area contributed by atoms with Crippen LogP contribution in [0.2, 0.25) is 5.02 Å². The summed E-state index contributed by atoms with van der Waals surface area (Å²) in [5.41, 5.74) is 8.55. The van der Waals surface area contributed by atoms with Gasteiger partial charge in [-0.1, -0.05) is 41.9 Å². The van der Waals surface area contributed by atoms with Crippen molar-refractivity contribution in [2.75, 3.05) is 5.73 Å². The fraction of sp³-hybridized carbons (Fsp3) is 0.300. The van der Waals surface area contributed by atoms with Gasteiger partial charge in [-0.05, 0) is 60.8 Å². The van der Waals surface area contributed by atoms with E-state index in [1.165, 1.54) is 31.2 Å². The third kappa shape index (κ3) is 3.28. The molecule has 0 aromatic heterocycles. The van der Waals surface area contributed by atoms with Gasteiger partial charge in [0.15, 0.2) is 5.82 Å². The minimum atomic E-state index is -0.453. The van der Waals surface area contributed by atoms with E-state index in [9.17, 15) is 4.39 Å². The van der Waals surface area contributed by atoms with Gasteiger partial charge >= 0.3 is 0 Å². The molecule has 0 heterocycles. The van der Waals surface area contributed by atoms with Gasteiger partial charge in [-0.2, -0.15) is 0 Å². The van der Waals surface area contributed by atoms with Crippen molar-refractivity contribution in [1.82, 2.24) is 0 Å². The molecule has 3 rings (SSSR count). The molecule has 1 aliphatic carbocycles. The summed E-state index contributed by atoms with van der Waals surface area (Å²) in [5.74, 6) is 0.808. The molecule has 0 bridgehead atoms. The van der Waals surface area contributed by atoms with Gasteiger partial charge in [0.2, 0.25) is 0 Å². The SMILES string of the molecule is C=CC1CCC(c2ccc(-c3ccc(N)c(Cl)c3F)cc2)CC1. The summed E-state index contributed by atoms with van der Waals surface area (Å²) in [6.07, 6.45) is 6.87. The molecule has 1 nitrogen and oxygen atoms in total. The summed E-state index contributed by atoms with van der Waals surface area (Å²) < 4.78 is 14.3. The molecule has 2 aromatic rings. The first-order valence-corrected chi connectivity index (χ1v) is 8.44. The van der Waals surface area contributed by atoms with Crippen molar-refractivity contribution in [3.8, 4) is 11.1 Å². The first-order chi connectivity index (χ1) is 11.1. The largest absolute Gasteiger partial charge is 0.397 e. The Morgan fingerprint density at radius 2 is 1.70 bits per heavy atom. The van der Waals surface area contributed by atoms with Crippen molar-refractivity contribution in [3.63, 3.8) is 0 Å². The lowest BCUT2D eigenvalue weighted by Crippen LogP contribution is -2.11. The second kappa shape index (κ2) is 6.76. The summed E-state index contributed by atoms with van der Waals surface area (Å²) in [4.78, 5) is 0. The van der Waals surface area contributed by atoms with Gasteiger partial charge in [-0.25, -0.2) is 4.39 Å². The Balaban J connectivity index is 1.80. The molecule has 1 saturated carbocycles. The molecule has 0 aliphatic heterocycles. The van der Waals surface area contributed by atoms with Gasteiger partial charge < -0.3 is 5.73 Å². The predicted molar refractivity (Wildman–Crippen MR) is 96.2 cm³/mol. The lowest BCUT2D eigenvalue weighted by atomic mass is 9.78. The van der Waals surface area contributed by atoms with Gasteiger partial charge in [0.25, 0.3) is 0 Å². The van der Waals surface area contributed by atoms with Gasteiger partial charge in [-0.15, -0.1) is 6.58 Å². The van der Waals surface area contributed by atoms with Crippen LogP contribution in [0.1, 0.15) is 37.2 Å². The zero-order valence-electron chi connectivity index (χ0n) is 13.1. The topological polar surface area (TPSA) is 26.0 Å². The molecule has 0 spiro atoms. The van der Waals surface area contributed by atoms with Crippen LogP contribution < -0.4 is 5.73 Å². The highest BCUT2D eigenvalue weighted by Gasteiger charge is 2.20. The molecule has 0 unspecified atom stereocenters. The van der Waals surface area contributed by atoms with Crippen LogP contribution >= 0.6 is 11.6 Å². The standard InChI is InChI=1S/C20H21ClFN/c1-2-13-3-5-14(6-4-13)15-7-9-16(10-8-15)17-11-12-18(23)19(21)20(17)22/h2,7-14H,1,3-6,23H2. The Bertz CT molecular complexity index is 700. The van der Waals surface area contributed by atoms with E-state index in [2.05, 4.69) is 24.8 Å². The number of allylic oxidation sites excluding steroid dienone is 1. The summed E-state index contributed by atoms with van der Waals surface area (Å²) in [6.45, 7) is 3.89. The van der Waals surface area contributed by atoms with Crippen molar-refractivity contribution < 1.29 is 4.39 Å². The third-order valence-electron chi connectivity index (χ3n) is 4.91. The van der Waals surface area contributed by atoms with Gasteiger partial charge in [0.05, 0.1) is 10.7 Å². The van der Waals surface area contributed by atoms with Crippen molar-refractivity contribution in [2.45, 2.75) is 31.6 Å². The maximum atomic E-state index is 14.3. The molecular weight excluding hydrogens is 309 g/mol. The van der Waals surface area contributed by atoms with Crippen LogP contribution in [0.4, 0.5) is 10.1 Å². The Morgan fingerprint density at radius 1 is 1.04 bits per heavy atom. The average molecular weight is 330 g/mol. The van der Waals surface area contributed by atoms with Crippen LogP contribution in [0, 0.1) is 11.7 Å². The fourth-order valence-corrected chi connectivity index (χ4v) is 3.58. The summed E-state index contributed by atoms with van der Waals surface area (Å²) in [7, 11) is 0. The first kappa shape index (κ1) is 16.1. The molecular formula is C20H21ClFN. The Morgan fingerprint density at radius 3 is 2.30 bits per heavy atom. The number of nitrogen functional groups attached to an aromatic ring is 1. The van der Waals surface area contributed by atoms with Gasteiger partial charge in [-0.3, -0.25) is 0 Å². The molecule has 23 heavy (non-hydrogen) atoms. The smallest absolute Gasteiger partial charge is 0.151 e. The van der Waals surface area contributed by atoms with Crippen LogP contribution in [0.25, 0.3) is 11.1 Å². The molecule has 1 fully saturated rings. The molecule has 120 valence electrons. The van der Waals surface area contributed by atoms with E-state index in [-0.39, 0.29) is 10.7 Å². The molecule has 2 aromatic carbocycles. The second-order valence-corrected chi connectivity index (χ2v) is 6.68. The van der Waals surface area contributed by atoms with Crippen molar-refractivity contribution in [1.29, 1.82) is 0 Å². The molecule has 1 aliphatic rings. The molecule has 0 atom stereocenters. The zero-order chi connectivity index (χ0) is 16.4. The molecule has 0 radical (unpaired) electrons. The molecule has 0 amide bonds. The zero-order valence-corrected chi connectivity index (χ0v) is 13.8. The Hall–Kier alpha value is -1.80. The van der Waals surface area contributed by atoms with Crippen LogP contribution in [0.15, 0.2) is 49.1 Å². The number of anilines is 1. The van der Waals surface area contributed by atoms with Crippen LogP contribution in [-0.4, -0.2) is 0 Å². The van der Waals surface area contributed by atoms with Crippen molar-refractivity contribution in [2.24, 2.45) is 5.92 Å². The van der Waals surface area contributed by atoms with Gasteiger partial charge in [0.1, 0.15) is 0 Å². The van der Waals surface area contributed by atoms with E-state index in [1.807, 2.05) is 12.1 Å². The number of hydrogen-bond acceptors (Lipinski definition) is 1. The first-order valence-electron chi connectivity index (χ1n) is 8.06. The normalized spacial score (nSPS) is 21.1. The minimum absolute atomic E-state index is 0.00526. The highest BCUT2D eigenvalue weighted by molar-refractivity contribution is 6.33. The summed E-state index contributed by atoms with van der Waals surface area (Å²) in [5, 5.41) is -0.00526. The van der Waals surface area contributed by atoms with Crippen LogP contribution in [0.3, 0.4) is 0 Å². The van der Waals surface area contributed by atoms with Crippen LogP contribution in [-0.2, 0) is 0 Å². The summed E-state index contributed by atoms with van der Waals surface area (Å²) in [6, 6.07) is 11.5. The lowest BCUT2D eigenvalue weighted by Gasteiger charge is -2.27. The Kier molecular flexibility index (Phi) is 4.72. The van der Waals surface area contributed by atoms with E-state index in [1.54, 1.807) is 12.1 Å². The average Bonchev–Trinajstić information content (AvgIpc) is 2.60. The van der Waals surface area contributed by atoms with E-state index >= 15 is 0 Å². The summed E-state index contributed by atoms with van der Waals surface area (Å²) >= 11 is 5.91. The number of halogens is 2. The molecule has 3 heteroatoms. The lowest BCUT2D eigenvalue weighted by molar-refractivity contribution is 0.376. The third-order valence-corrected chi connectivity index (χ3v) is 5.29. The van der Waals surface area contributed by atoms with Gasteiger partial charge in [0, 0.05) is 5.56 Å². The number of nitrogens with two attached hydrogens (primary N) is 1. The number of rotatable bonds is 3. The van der Waals surface area contributed by atoms with E-state index in [4.69, 9.17) is 17.3 Å². The van der Waals surface area contributed by atoms with E-state index < -0.39 is 5.82 Å².